The summed E-state index contributed by atoms with van der Waals surface area (Å²) in [4.78, 5) is 0. The summed E-state index contributed by atoms with van der Waals surface area (Å²) in [6.07, 6.45) is 1.93. The molecule has 0 amide bonds. The molecule has 1 aromatic rings. The Hall–Kier alpha value is -0.350. The van der Waals surface area contributed by atoms with Gasteiger partial charge in [-0.1, -0.05) is 11.6 Å². The van der Waals surface area contributed by atoms with Crippen LogP contribution in [0.2, 0.25) is 5.02 Å². The molecule has 0 aliphatic rings. The third-order valence-corrected chi connectivity index (χ3v) is 2.50. The first-order valence-electron chi connectivity index (χ1n) is 2.68. The third-order valence-electron chi connectivity index (χ3n) is 1.16. The van der Waals surface area contributed by atoms with Crippen LogP contribution in [0.1, 0.15) is 0 Å². The number of hydrogen-bond acceptors (Lipinski definition) is 3. The number of thioether (sulfide) groups is 1. The molecule has 0 saturated carbocycles. The summed E-state index contributed by atoms with van der Waals surface area (Å²) < 4.78 is 1.67. The highest BCUT2D eigenvalue weighted by Crippen LogP contribution is 2.28. The van der Waals surface area contributed by atoms with Gasteiger partial charge >= 0.3 is 0 Å². The van der Waals surface area contributed by atoms with Crippen molar-refractivity contribution in [2.24, 2.45) is 7.05 Å². The van der Waals surface area contributed by atoms with E-state index in [2.05, 4.69) is 5.10 Å². The van der Waals surface area contributed by atoms with Gasteiger partial charge in [0.15, 0.2) is 5.82 Å². The Labute approximate surface area is 68.5 Å². The van der Waals surface area contributed by atoms with Crippen molar-refractivity contribution in [1.82, 2.24) is 9.78 Å². The van der Waals surface area contributed by atoms with Gasteiger partial charge in [-0.05, 0) is 6.26 Å². The molecule has 0 unspecified atom stereocenters. The van der Waals surface area contributed by atoms with E-state index in [1.54, 1.807) is 4.68 Å². The van der Waals surface area contributed by atoms with Gasteiger partial charge in [0.05, 0.1) is 0 Å². The number of nitrogens with two attached hydrogens (primary N) is 1. The molecular weight excluding hydrogens is 170 g/mol. The average molecular weight is 178 g/mol. The Kier molecular flexibility index (Phi) is 2.11. The van der Waals surface area contributed by atoms with Crippen LogP contribution in [0.25, 0.3) is 0 Å². The summed E-state index contributed by atoms with van der Waals surface area (Å²) in [5, 5.41) is 5.38. The average Bonchev–Trinajstić information content (AvgIpc) is 2.09. The summed E-state index contributed by atoms with van der Waals surface area (Å²) in [5.41, 5.74) is 5.44. The van der Waals surface area contributed by atoms with Crippen molar-refractivity contribution in [3.63, 3.8) is 0 Å². The van der Waals surface area contributed by atoms with Crippen molar-refractivity contribution in [2.45, 2.75) is 5.03 Å². The molecule has 5 heteroatoms. The van der Waals surface area contributed by atoms with E-state index in [1.165, 1.54) is 11.8 Å². The standard InChI is InChI=1S/C5H8ClN3S/c1-9-5(10-2)3(6)4(7)8-9/h1-2H3,(H2,7,8). The number of aryl methyl sites for hydroxylation is 1. The summed E-state index contributed by atoms with van der Waals surface area (Å²) >= 11 is 7.32. The highest BCUT2D eigenvalue weighted by atomic mass is 35.5. The molecular formula is C5H8ClN3S. The minimum atomic E-state index is 0.397. The number of rotatable bonds is 1. The second-order valence-electron chi connectivity index (χ2n) is 1.83. The lowest BCUT2D eigenvalue weighted by Crippen LogP contribution is -1.92. The molecule has 1 heterocycles. The van der Waals surface area contributed by atoms with Crippen LogP contribution < -0.4 is 5.73 Å². The smallest absolute Gasteiger partial charge is 0.165 e. The Morgan fingerprint density at radius 1 is 1.70 bits per heavy atom. The predicted molar refractivity (Wildman–Crippen MR) is 44.4 cm³/mol. The lowest BCUT2D eigenvalue weighted by molar-refractivity contribution is 0.703. The monoisotopic (exact) mass is 177 g/mol. The zero-order valence-corrected chi connectivity index (χ0v) is 7.33. The van der Waals surface area contributed by atoms with E-state index < -0.39 is 0 Å². The van der Waals surface area contributed by atoms with Crippen LogP contribution in [0.15, 0.2) is 5.03 Å². The summed E-state index contributed by atoms with van der Waals surface area (Å²) in [6, 6.07) is 0. The zero-order valence-electron chi connectivity index (χ0n) is 5.76. The van der Waals surface area contributed by atoms with Crippen LogP contribution in [0.3, 0.4) is 0 Å². The van der Waals surface area contributed by atoms with Gasteiger partial charge in [0.25, 0.3) is 0 Å². The van der Waals surface area contributed by atoms with Gasteiger partial charge < -0.3 is 5.73 Å². The van der Waals surface area contributed by atoms with E-state index in [0.29, 0.717) is 10.8 Å². The highest BCUT2D eigenvalue weighted by molar-refractivity contribution is 7.98. The Balaban J connectivity index is 3.20. The Bertz CT molecular complexity index is 245. The molecule has 0 saturated heterocycles. The van der Waals surface area contributed by atoms with Gasteiger partial charge in [-0.3, -0.25) is 4.68 Å². The van der Waals surface area contributed by atoms with Gasteiger partial charge in [0.1, 0.15) is 10.0 Å². The molecule has 10 heavy (non-hydrogen) atoms. The summed E-state index contributed by atoms with van der Waals surface area (Å²) in [6.45, 7) is 0. The second-order valence-corrected chi connectivity index (χ2v) is 3.01. The number of nitrogens with zero attached hydrogens (tertiary/aromatic N) is 2. The molecule has 1 rings (SSSR count). The van der Waals surface area contributed by atoms with E-state index in [0.717, 1.165) is 5.03 Å². The fraction of sp³-hybridized carbons (Fsp3) is 0.400. The van der Waals surface area contributed by atoms with E-state index in [1.807, 2.05) is 13.3 Å². The molecule has 0 spiro atoms. The molecule has 0 aliphatic heterocycles. The molecule has 1 aromatic heterocycles. The predicted octanol–water partition coefficient (Wildman–Crippen LogP) is 1.38. The molecule has 56 valence electrons. The van der Waals surface area contributed by atoms with Gasteiger partial charge in [-0.15, -0.1) is 11.8 Å². The summed E-state index contributed by atoms with van der Waals surface area (Å²) in [5.74, 6) is 0.397. The van der Waals surface area contributed by atoms with Crippen LogP contribution >= 0.6 is 23.4 Å². The van der Waals surface area contributed by atoms with E-state index >= 15 is 0 Å². The second kappa shape index (κ2) is 2.72. The first-order chi connectivity index (χ1) is 4.66. The van der Waals surface area contributed by atoms with Crippen molar-refractivity contribution in [3.05, 3.63) is 5.02 Å². The number of anilines is 1. The van der Waals surface area contributed by atoms with Gasteiger partial charge in [0.2, 0.25) is 0 Å². The minimum Gasteiger partial charge on any atom is -0.381 e. The molecule has 0 aromatic carbocycles. The molecule has 2 N–H and O–H groups in total. The van der Waals surface area contributed by atoms with Crippen LogP contribution in [-0.4, -0.2) is 16.0 Å². The first kappa shape index (κ1) is 7.75. The molecule has 0 bridgehead atoms. The van der Waals surface area contributed by atoms with Crippen LogP contribution in [0.5, 0.6) is 0 Å². The minimum absolute atomic E-state index is 0.397. The number of hydrogen-bond donors (Lipinski definition) is 1. The van der Waals surface area contributed by atoms with Crippen molar-refractivity contribution in [2.75, 3.05) is 12.0 Å². The fourth-order valence-corrected chi connectivity index (χ4v) is 1.70. The van der Waals surface area contributed by atoms with Gasteiger partial charge in [-0.2, -0.15) is 5.10 Å². The van der Waals surface area contributed by atoms with Crippen LogP contribution in [-0.2, 0) is 7.05 Å². The quantitative estimate of drug-likeness (QED) is 0.660. The van der Waals surface area contributed by atoms with Gasteiger partial charge in [0, 0.05) is 7.05 Å². The lowest BCUT2D eigenvalue weighted by atomic mass is 10.6. The normalized spacial score (nSPS) is 10.3. The Morgan fingerprint density at radius 3 is 2.50 bits per heavy atom. The van der Waals surface area contributed by atoms with Gasteiger partial charge in [-0.25, -0.2) is 0 Å². The largest absolute Gasteiger partial charge is 0.381 e. The van der Waals surface area contributed by atoms with Crippen LogP contribution in [0.4, 0.5) is 5.82 Å². The van der Waals surface area contributed by atoms with Crippen LogP contribution in [0, 0.1) is 0 Å². The van der Waals surface area contributed by atoms with E-state index in [4.69, 9.17) is 17.3 Å². The molecule has 0 fully saturated rings. The van der Waals surface area contributed by atoms with E-state index in [-0.39, 0.29) is 0 Å². The first-order valence-corrected chi connectivity index (χ1v) is 4.29. The SMILES string of the molecule is CSc1c(Cl)c(N)nn1C. The van der Waals surface area contributed by atoms with Crippen molar-refractivity contribution >= 4 is 29.2 Å². The molecule has 0 aliphatic carbocycles. The third kappa shape index (κ3) is 1.09. The lowest BCUT2D eigenvalue weighted by Gasteiger charge is -1.93. The number of nitrogen functional groups attached to an aromatic ring is 1. The maximum Gasteiger partial charge on any atom is 0.165 e. The number of aromatic nitrogens is 2. The van der Waals surface area contributed by atoms with Crippen molar-refractivity contribution < 1.29 is 0 Å². The zero-order chi connectivity index (χ0) is 7.72. The molecule has 3 nitrogen and oxygen atoms in total. The summed E-state index contributed by atoms with van der Waals surface area (Å²) in [7, 11) is 1.81. The Morgan fingerprint density at radius 2 is 2.30 bits per heavy atom. The maximum absolute atomic E-state index is 5.79. The van der Waals surface area contributed by atoms with Crippen molar-refractivity contribution in [3.8, 4) is 0 Å². The molecule has 0 atom stereocenters. The molecule has 0 radical (unpaired) electrons. The fourth-order valence-electron chi connectivity index (χ4n) is 0.724. The van der Waals surface area contributed by atoms with Crippen molar-refractivity contribution in [1.29, 1.82) is 0 Å². The maximum atomic E-state index is 5.79. The number of halogens is 1. The van der Waals surface area contributed by atoms with E-state index in [9.17, 15) is 0 Å². The topological polar surface area (TPSA) is 43.8 Å². The highest BCUT2D eigenvalue weighted by Gasteiger charge is 2.09.